The molecule has 1 aliphatic rings. The number of hydrogen-bond donors (Lipinski definition) is 2. The maximum absolute atomic E-state index is 13.1. The van der Waals surface area contributed by atoms with Gasteiger partial charge in [0.05, 0.1) is 11.4 Å². The predicted molar refractivity (Wildman–Crippen MR) is 116 cm³/mol. The fourth-order valence-electron chi connectivity index (χ4n) is 3.26. The van der Waals surface area contributed by atoms with Gasteiger partial charge in [0, 0.05) is 32.7 Å². The molecule has 0 aromatic heterocycles. The minimum absolute atomic E-state index is 0.216. The van der Waals surface area contributed by atoms with Crippen molar-refractivity contribution >= 4 is 16.0 Å². The molecule has 8 heteroatoms. The first-order chi connectivity index (χ1) is 14.0. The summed E-state index contributed by atoms with van der Waals surface area (Å²) < 4.78 is 27.8. The van der Waals surface area contributed by atoms with Gasteiger partial charge in [0.2, 0.25) is 10.0 Å². The van der Waals surface area contributed by atoms with Crippen LogP contribution in [0, 0.1) is 0 Å². The fourth-order valence-corrected chi connectivity index (χ4v) is 4.90. The molecule has 1 aliphatic heterocycles. The largest absolute Gasteiger partial charge is 0.370 e. The van der Waals surface area contributed by atoms with Crippen molar-refractivity contribution in [2.75, 3.05) is 39.8 Å². The van der Waals surface area contributed by atoms with Crippen molar-refractivity contribution in [3.05, 3.63) is 65.7 Å². The lowest BCUT2D eigenvalue weighted by molar-refractivity contribution is 0.222. The average molecular weight is 416 g/mol. The van der Waals surface area contributed by atoms with Gasteiger partial charge >= 0.3 is 0 Å². The number of benzene rings is 2. The molecule has 0 aliphatic carbocycles. The Morgan fingerprint density at radius 3 is 2.41 bits per heavy atom. The Bertz CT molecular complexity index is 923. The monoisotopic (exact) mass is 415 g/mol. The van der Waals surface area contributed by atoms with E-state index >= 15 is 0 Å². The molecule has 7 nitrogen and oxygen atoms in total. The first kappa shape index (κ1) is 21.3. The normalized spacial score (nSPS) is 16.7. The molecule has 1 heterocycles. The highest BCUT2D eigenvalue weighted by molar-refractivity contribution is 7.89. The molecule has 2 aromatic rings. The molecule has 0 saturated carbocycles. The van der Waals surface area contributed by atoms with Crippen LogP contribution in [0.5, 0.6) is 0 Å². The third-order valence-electron chi connectivity index (χ3n) is 5.04. The number of nitrogens with two attached hydrogens (primary N) is 1. The van der Waals surface area contributed by atoms with Gasteiger partial charge in [-0.1, -0.05) is 48.5 Å². The number of nitrogens with zero attached hydrogens (tertiary/aromatic N) is 3. The van der Waals surface area contributed by atoms with Crippen molar-refractivity contribution in [3.63, 3.8) is 0 Å². The van der Waals surface area contributed by atoms with Crippen LogP contribution in [-0.2, 0) is 23.0 Å². The maximum atomic E-state index is 13.1. The van der Waals surface area contributed by atoms with Crippen molar-refractivity contribution in [1.82, 2.24) is 14.5 Å². The van der Waals surface area contributed by atoms with E-state index in [1.54, 1.807) is 22.5 Å². The molecular weight excluding hydrogens is 386 g/mol. The molecule has 3 N–H and O–H groups in total. The van der Waals surface area contributed by atoms with Crippen molar-refractivity contribution < 1.29 is 8.42 Å². The van der Waals surface area contributed by atoms with E-state index in [-0.39, 0.29) is 6.54 Å². The van der Waals surface area contributed by atoms with E-state index in [1.165, 1.54) is 5.56 Å². The lowest BCUT2D eigenvalue weighted by atomic mass is 10.1. The first-order valence-electron chi connectivity index (χ1n) is 9.81. The Hall–Kier alpha value is -2.42. The van der Waals surface area contributed by atoms with Gasteiger partial charge in [-0.3, -0.25) is 0 Å². The Labute approximate surface area is 173 Å². The summed E-state index contributed by atoms with van der Waals surface area (Å²) in [5.41, 5.74) is 7.85. The van der Waals surface area contributed by atoms with E-state index in [4.69, 9.17) is 5.73 Å². The minimum Gasteiger partial charge on any atom is -0.370 e. The van der Waals surface area contributed by atoms with Crippen molar-refractivity contribution in [3.8, 4) is 0 Å². The molecule has 0 bridgehead atoms. The van der Waals surface area contributed by atoms with Crippen molar-refractivity contribution in [2.24, 2.45) is 10.7 Å². The summed E-state index contributed by atoms with van der Waals surface area (Å²) >= 11 is 0. The van der Waals surface area contributed by atoms with Crippen LogP contribution in [0.2, 0.25) is 0 Å². The lowest BCUT2D eigenvalue weighted by Crippen LogP contribution is -2.47. The highest BCUT2D eigenvalue weighted by Crippen LogP contribution is 2.22. The zero-order valence-electron chi connectivity index (χ0n) is 16.8. The van der Waals surface area contributed by atoms with Gasteiger partial charge in [0.15, 0.2) is 5.96 Å². The molecule has 156 valence electrons. The van der Waals surface area contributed by atoms with Gasteiger partial charge in [0.25, 0.3) is 0 Å². The van der Waals surface area contributed by atoms with E-state index in [2.05, 4.69) is 27.3 Å². The van der Waals surface area contributed by atoms with Crippen LogP contribution in [0.15, 0.2) is 64.5 Å². The fraction of sp³-hybridized carbons (Fsp3) is 0.381. The molecule has 0 radical (unpaired) electrons. The second-order valence-electron chi connectivity index (χ2n) is 7.18. The van der Waals surface area contributed by atoms with Gasteiger partial charge in [-0.15, -0.1) is 0 Å². The second-order valence-corrected chi connectivity index (χ2v) is 9.09. The Balaban J connectivity index is 1.63. The number of piperazine rings is 1. The summed E-state index contributed by atoms with van der Waals surface area (Å²) in [4.78, 5) is 6.79. The molecular formula is C21H29N5O2S. The van der Waals surface area contributed by atoms with Crippen LogP contribution in [-0.4, -0.2) is 63.4 Å². The van der Waals surface area contributed by atoms with Crippen molar-refractivity contribution in [2.45, 2.75) is 17.9 Å². The van der Waals surface area contributed by atoms with Crippen molar-refractivity contribution in [1.29, 1.82) is 0 Å². The number of likely N-dealkylation sites (N-methyl/N-ethyl adjacent to an activating group) is 1. The summed E-state index contributed by atoms with van der Waals surface area (Å²) in [5.74, 6) is 0.313. The average Bonchev–Trinajstić information content (AvgIpc) is 2.73. The molecule has 0 spiro atoms. The van der Waals surface area contributed by atoms with Crippen LogP contribution in [0.25, 0.3) is 0 Å². The zero-order valence-corrected chi connectivity index (χ0v) is 17.6. The molecule has 29 heavy (non-hydrogen) atoms. The van der Waals surface area contributed by atoms with Crippen LogP contribution in [0.1, 0.15) is 11.1 Å². The Kier molecular flexibility index (Phi) is 7.24. The Morgan fingerprint density at radius 2 is 1.69 bits per heavy atom. The minimum atomic E-state index is -3.54. The van der Waals surface area contributed by atoms with Gasteiger partial charge in [0.1, 0.15) is 0 Å². The van der Waals surface area contributed by atoms with Crippen LogP contribution < -0.4 is 11.1 Å². The molecule has 0 amide bonds. The number of aliphatic imine (C=N–C) groups is 1. The second kappa shape index (κ2) is 9.87. The summed E-state index contributed by atoms with van der Waals surface area (Å²) in [5, 5.41) is 3.09. The van der Waals surface area contributed by atoms with Crippen LogP contribution in [0.3, 0.4) is 0 Å². The molecule has 1 saturated heterocycles. The summed E-state index contributed by atoms with van der Waals surface area (Å²) in [6, 6.07) is 17.1. The van der Waals surface area contributed by atoms with E-state index in [1.807, 2.05) is 31.3 Å². The van der Waals surface area contributed by atoms with Gasteiger partial charge in [-0.25, -0.2) is 13.4 Å². The Morgan fingerprint density at radius 1 is 1.03 bits per heavy atom. The lowest BCUT2D eigenvalue weighted by Gasteiger charge is -2.32. The number of rotatable bonds is 7. The predicted octanol–water partition coefficient (Wildman–Crippen LogP) is 1.27. The van der Waals surface area contributed by atoms with Gasteiger partial charge < -0.3 is 16.0 Å². The SMILES string of the molecule is CN1CCN(S(=O)(=O)c2ccccc2CN=C(N)NCCc2ccccc2)CC1. The highest BCUT2D eigenvalue weighted by atomic mass is 32.2. The third kappa shape index (κ3) is 5.79. The number of hydrogen-bond acceptors (Lipinski definition) is 4. The van der Waals surface area contributed by atoms with E-state index in [0.717, 1.165) is 19.5 Å². The van der Waals surface area contributed by atoms with Gasteiger partial charge in [-0.2, -0.15) is 4.31 Å². The quantitative estimate of drug-likeness (QED) is 0.525. The molecule has 3 rings (SSSR count). The van der Waals surface area contributed by atoms with E-state index in [9.17, 15) is 8.42 Å². The van der Waals surface area contributed by atoms with Crippen LogP contribution in [0.4, 0.5) is 0 Å². The number of sulfonamides is 1. The smallest absolute Gasteiger partial charge is 0.243 e. The van der Waals surface area contributed by atoms with E-state index in [0.29, 0.717) is 36.1 Å². The van der Waals surface area contributed by atoms with E-state index < -0.39 is 10.0 Å². The molecule has 0 atom stereocenters. The third-order valence-corrected chi connectivity index (χ3v) is 7.03. The molecule has 0 unspecified atom stereocenters. The highest BCUT2D eigenvalue weighted by Gasteiger charge is 2.29. The summed E-state index contributed by atoms with van der Waals surface area (Å²) in [6.07, 6.45) is 0.839. The summed E-state index contributed by atoms with van der Waals surface area (Å²) in [7, 11) is -1.54. The molecule has 2 aromatic carbocycles. The standard InChI is InChI=1S/C21H29N5O2S/c1-25-13-15-26(16-14-25)29(27,28)20-10-6-5-9-19(20)17-24-21(22)23-12-11-18-7-3-2-4-8-18/h2-10H,11-17H2,1H3,(H3,22,23,24). The maximum Gasteiger partial charge on any atom is 0.243 e. The molecule has 1 fully saturated rings. The number of guanidine groups is 1. The summed E-state index contributed by atoms with van der Waals surface area (Å²) in [6.45, 7) is 3.35. The zero-order chi connectivity index (χ0) is 20.7. The van der Waals surface area contributed by atoms with Crippen LogP contribution >= 0.6 is 0 Å². The van der Waals surface area contributed by atoms with Gasteiger partial charge in [-0.05, 0) is 30.7 Å². The topological polar surface area (TPSA) is 91.0 Å². The first-order valence-corrected chi connectivity index (χ1v) is 11.2. The number of nitrogens with one attached hydrogen (secondary N) is 1.